The quantitative estimate of drug-likeness (QED) is 0.769. The highest BCUT2D eigenvalue weighted by atomic mass is 32.1. The summed E-state index contributed by atoms with van der Waals surface area (Å²) in [7, 11) is 0. The maximum absolute atomic E-state index is 12.1. The third kappa shape index (κ3) is 4.87. The van der Waals surface area contributed by atoms with Gasteiger partial charge in [-0.2, -0.15) is 4.98 Å². The summed E-state index contributed by atoms with van der Waals surface area (Å²) >= 11 is 1.64. The van der Waals surface area contributed by atoms with Crippen molar-refractivity contribution < 1.29 is 9.32 Å². The van der Waals surface area contributed by atoms with E-state index in [2.05, 4.69) is 34.3 Å². The first kappa shape index (κ1) is 18.0. The average molecular weight is 362 g/mol. The van der Waals surface area contributed by atoms with E-state index in [9.17, 15) is 4.79 Å². The Morgan fingerprint density at radius 1 is 1.32 bits per heavy atom. The van der Waals surface area contributed by atoms with Crippen LogP contribution in [0.1, 0.15) is 68.2 Å². The van der Waals surface area contributed by atoms with E-state index >= 15 is 0 Å². The van der Waals surface area contributed by atoms with E-state index in [4.69, 9.17) is 4.52 Å². The molecule has 1 unspecified atom stereocenters. The summed E-state index contributed by atoms with van der Waals surface area (Å²) in [5, 5.41) is 7.62. The lowest BCUT2D eigenvalue weighted by Crippen LogP contribution is -2.12. The van der Waals surface area contributed by atoms with Crippen molar-refractivity contribution in [2.24, 2.45) is 5.92 Å². The first-order valence-corrected chi connectivity index (χ1v) is 10.1. The standard InChI is InChI=1S/C18H26N4O2S/c1-3-6-15-20-17(24-22-15)8-5-7-16(23)21-18-19-13-10-9-12(4-2)11-14(13)25-18/h12H,3-11H2,1-2H3,(H,19,21,23). The van der Waals surface area contributed by atoms with Crippen LogP contribution in [0.4, 0.5) is 5.13 Å². The zero-order chi connectivity index (χ0) is 17.6. The number of amides is 1. The molecule has 0 saturated carbocycles. The number of aryl methyl sites for hydroxylation is 3. The second-order valence-electron chi connectivity index (χ2n) is 6.66. The van der Waals surface area contributed by atoms with E-state index in [1.54, 1.807) is 11.3 Å². The van der Waals surface area contributed by atoms with Gasteiger partial charge in [0.25, 0.3) is 0 Å². The Bertz CT molecular complexity index is 710. The van der Waals surface area contributed by atoms with Gasteiger partial charge in [-0.25, -0.2) is 4.98 Å². The number of fused-ring (bicyclic) bond motifs is 1. The molecule has 1 amide bonds. The highest BCUT2D eigenvalue weighted by Crippen LogP contribution is 2.33. The number of aromatic nitrogens is 3. The van der Waals surface area contributed by atoms with Gasteiger partial charge in [0.1, 0.15) is 0 Å². The Labute approximate surface area is 152 Å². The van der Waals surface area contributed by atoms with E-state index in [1.165, 1.54) is 23.4 Å². The lowest BCUT2D eigenvalue weighted by molar-refractivity contribution is -0.116. The van der Waals surface area contributed by atoms with Crippen molar-refractivity contribution in [3.8, 4) is 0 Å². The van der Waals surface area contributed by atoms with Crippen LogP contribution in [-0.4, -0.2) is 21.0 Å². The van der Waals surface area contributed by atoms with Crippen LogP contribution in [0.3, 0.4) is 0 Å². The molecule has 2 aromatic heterocycles. The predicted molar refractivity (Wildman–Crippen MR) is 97.8 cm³/mol. The van der Waals surface area contributed by atoms with Crippen molar-refractivity contribution in [3.05, 3.63) is 22.3 Å². The maximum atomic E-state index is 12.1. The van der Waals surface area contributed by atoms with Crippen LogP contribution >= 0.6 is 11.3 Å². The van der Waals surface area contributed by atoms with Gasteiger partial charge in [0.05, 0.1) is 5.69 Å². The number of nitrogens with zero attached hydrogens (tertiary/aromatic N) is 3. The minimum Gasteiger partial charge on any atom is -0.339 e. The Hall–Kier alpha value is -1.76. The molecule has 7 heteroatoms. The minimum absolute atomic E-state index is 0.00596. The first-order chi connectivity index (χ1) is 12.2. The molecule has 0 aliphatic heterocycles. The Kier molecular flexibility index (Phi) is 6.18. The number of hydrogen-bond donors (Lipinski definition) is 1. The normalized spacial score (nSPS) is 16.6. The summed E-state index contributed by atoms with van der Waals surface area (Å²) in [6, 6.07) is 0. The van der Waals surface area contributed by atoms with Crippen LogP contribution in [-0.2, 0) is 30.5 Å². The van der Waals surface area contributed by atoms with Gasteiger partial charge in [-0.15, -0.1) is 11.3 Å². The van der Waals surface area contributed by atoms with Crippen molar-refractivity contribution in [1.82, 2.24) is 15.1 Å². The number of rotatable bonds is 8. The highest BCUT2D eigenvalue weighted by molar-refractivity contribution is 7.15. The molecule has 25 heavy (non-hydrogen) atoms. The second-order valence-corrected chi connectivity index (χ2v) is 7.75. The third-order valence-corrected chi connectivity index (χ3v) is 5.68. The number of thiazole rings is 1. The van der Waals surface area contributed by atoms with Gasteiger partial charge in [-0.1, -0.05) is 25.4 Å². The molecular weight excluding hydrogens is 336 g/mol. The molecule has 0 saturated heterocycles. The second kappa shape index (κ2) is 8.56. The molecule has 2 heterocycles. The lowest BCUT2D eigenvalue weighted by Gasteiger charge is -2.18. The van der Waals surface area contributed by atoms with E-state index in [-0.39, 0.29) is 5.91 Å². The topological polar surface area (TPSA) is 80.9 Å². The fourth-order valence-corrected chi connectivity index (χ4v) is 4.28. The van der Waals surface area contributed by atoms with Gasteiger partial charge >= 0.3 is 0 Å². The molecule has 6 nitrogen and oxygen atoms in total. The zero-order valence-corrected chi connectivity index (χ0v) is 15.8. The van der Waals surface area contributed by atoms with Gasteiger partial charge in [-0.05, 0) is 38.0 Å². The number of carbonyl (C=O) groups is 1. The molecule has 0 aromatic carbocycles. The molecule has 0 bridgehead atoms. The Balaban J connectivity index is 1.44. The molecule has 136 valence electrons. The van der Waals surface area contributed by atoms with E-state index in [0.717, 1.165) is 42.6 Å². The van der Waals surface area contributed by atoms with Gasteiger partial charge in [0.2, 0.25) is 11.8 Å². The van der Waals surface area contributed by atoms with Crippen molar-refractivity contribution in [1.29, 1.82) is 0 Å². The van der Waals surface area contributed by atoms with Crippen LogP contribution in [0.5, 0.6) is 0 Å². The molecule has 1 N–H and O–H groups in total. The minimum atomic E-state index is 0.00596. The average Bonchev–Trinajstić information content (AvgIpc) is 3.20. The summed E-state index contributed by atoms with van der Waals surface area (Å²) in [5.41, 5.74) is 1.18. The largest absolute Gasteiger partial charge is 0.339 e. The van der Waals surface area contributed by atoms with Crippen molar-refractivity contribution in [2.45, 2.75) is 71.6 Å². The summed E-state index contributed by atoms with van der Waals surface area (Å²) in [5.74, 6) is 2.14. The summed E-state index contributed by atoms with van der Waals surface area (Å²) in [6.07, 6.45) is 8.18. The number of nitrogens with one attached hydrogen (secondary N) is 1. The summed E-state index contributed by atoms with van der Waals surface area (Å²) in [4.78, 5) is 22.4. The number of carbonyl (C=O) groups excluding carboxylic acids is 1. The van der Waals surface area contributed by atoms with E-state index in [0.29, 0.717) is 25.2 Å². The first-order valence-electron chi connectivity index (χ1n) is 9.27. The zero-order valence-electron chi connectivity index (χ0n) is 15.0. The Morgan fingerprint density at radius 2 is 2.20 bits per heavy atom. The predicted octanol–water partition coefficient (Wildman–Crippen LogP) is 3.95. The number of hydrogen-bond acceptors (Lipinski definition) is 6. The molecule has 2 aromatic rings. The monoisotopic (exact) mass is 362 g/mol. The summed E-state index contributed by atoms with van der Waals surface area (Å²) < 4.78 is 5.19. The smallest absolute Gasteiger partial charge is 0.226 e. The molecule has 0 spiro atoms. The van der Waals surface area contributed by atoms with Crippen molar-refractivity contribution in [3.63, 3.8) is 0 Å². The molecule has 0 radical (unpaired) electrons. The molecule has 3 rings (SSSR count). The van der Waals surface area contributed by atoms with Gasteiger partial charge < -0.3 is 9.84 Å². The molecule has 0 fully saturated rings. The number of anilines is 1. The van der Waals surface area contributed by atoms with Crippen LogP contribution in [0.2, 0.25) is 0 Å². The van der Waals surface area contributed by atoms with Gasteiger partial charge in [0, 0.05) is 24.1 Å². The Morgan fingerprint density at radius 3 is 3.00 bits per heavy atom. The van der Waals surface area contributed by atoms with Crippen LogP contribution in [0.15, 0.2) is 4.52 Å². The molecular formula is C18H26N4O2S. The SMILES string of the molecule is CCCc1noc(CCCC(=O)Nc2nc3c(s2)CC(CC)CC3)n1. The van der Waals surface area contributed by atoms with Crippen molar-refractivity contribution in [2.75, 3.05) is 5.32 Å². The van der Waals surface area contributed by atoms with E-state index < -0.39 is 0 Å². The molecule has 1 atom stereocenters. The molecule has 1 aliphatic carbocycles. The van der Waals surface area contributed by atoms with Gasteiger partial charge in [0.15, 0.2) is 11.0 Å². The fraction of sp³-hybridized carbons (Fsp3) is 0.667. The van der Waals surface area contributed by atoms with Crippen molar-refractivity contribution >= 4 is 22.4 Å². The highest BCUT2D eigenvalue weighted by Gasteiger charge is 2.22. The third-order valence-electron chi connectivity index (χ3n) is 4.64. The van der Waals surface area contributed by atoms with Crippen LogP contribution < -0.4 is 5.32 Å². The fourth-order valence-electron chi connectivity index (χ4n) is 3.14. The maximum Gasteiger partial charge on any atom is 0.226 e. The molecule has 1 aliphatic rings. The van der Waals surface area contributed by atoms with Crippen LogP contribution in [0.25, 0.3) is 0 Å². The van der Waals surface area contributed by atoms with Crippen LogP contribution in [0, 0.1) is 5.92 Å². The lowest BCUT2D eigenvalue weighted by atomic mass is 9.89. The van der Waals surface area contributed by atoms with E-state index in [1.807, 2.05) is 0 Å². The van der Waals surface area contributed by atoms with Gasteiger partial charge in [-0.3, -0.25) is 4.79 Å². The summed E-state index contributed by atoms with van der Waals surface area (Å²) in [6.45, 7) is 4.33.